The minimum atomic E-state index is -5.93. The predicted molar refractivity (Wildman–Crippen MR) is 176 cm³/mol. The second kappa shape index (κ2) is 11.3. The number of hydrogen-bond donors (Lipinski definition) is 2. The molecule has 4 fully saturated rings. The summed E-state index contributed by atoms with van der Waals surface area (Å²) in [6, 6.07) is 13.7. The zero-order valence-electron chi connectivity index (χ0n) is 28.7. The van der Waals surface area contributed by atoms with Gasteiger partial charge in [-0.25, -0.2) is 8.42 Å². The van der Waals surface area contributed by atoms with Crippen molar-refractivity contribution in [3.05, 3.63) is 65.2 Å². The van der Waals surface area contributed by atoms with Crippen molar-refractivity contribution >= 4 is 9.84 Å². The van der Waals surface area contributed by atoms with Gasteiger partial charge in [0, 0.05) is 35.8 Å². The highest BCUT2D eigenvalue weighted by Crippen LogP contribution is 2.71. The van der Waals surface area contributed by atoms with Crippen LogP contribution in [-0.4, -0.2) is 67.2 Å². The molecule has 274 valence electrons. The Morgan fingerprint density at radius 1 is 0.820 bits per heavy atom. The van der Waals surface area contributed by atoms with Crippen LogP contribution in [0.25, 0.3) is 11.1 Å². The lowest BCUT2D eigenvalue weighted by molar-refractivity contribution is -0.362. The molecule has 50 heavy (non-hydrogen) atoms. The van der Waals surface area contributed by atoms with E-state index in [4.69, 9.17) is 9.47 Å². The second-order valence-electron chi connectivity index (χ2n) is 16.6. The lowest BCUT2D eigenvalue weighted by Crippen LogP contribution is -2.65. The number of aliphatic hydroxyl groups is 2. The Balaban J connectivity index is 1.31. The summed E-state index contributed by atoms with van der Waals surface area (Å²) in [6.45, 7) is 6.42. The van der Waals surface area contributed by atoms with Gasteiger partial charge in [0.05, 0.1) is 23.7 Å². The average Bonchev–Trinajstić information content (AvgIpc) is 3.32. The van der Waals surface area contributed by atoms with Crippen molar-refractivity contribution in [3.63, 3.8) is 0 Å². The van der Waals surface area contributed by atoms with Crippen molar-refractivity contribution < 1.29 is 50.1 Å². The Kier molecular flexibility index (Phi) is 8.14. The van der Waals surface area contributed by atoms with Gasteiger partial charge in [-0.3, -0.25) is 0 Å². The number of benzene rings is 2. The Hall–Kier alpha value is -2.38. The Labute approximate surface area is 290 Å². The lowest BCUT2D eigenvalue weighted by Gasteiger charge is -2.59. The fourth-order valence-corrected chi connectivity index (χ4v) is 10.7. The summed E-state index contributed by atoms with van der Waals surface area (Å²) in [5.41, 5.74) is -2.69. The molecule has 1 aliphatic heterocycles. The van der Waals surface area contributed by atoms with Gasteiger partial charge in [-0.15, -0.1) is 0 Å². The van der Waals surface area contributed by atoms with Crippen molar-refractivity contribution in [1.82, 2.24) is 0 Å². The van der Waals surface area contributed by atoms with E-state index in [9.17, 15) is 31.8 Å². The third kappa shape index (κ3) is 5.41. The molecule has 0 aromatic heterocycles. The molecule has 6 nitrogen and oxygen atoms in total. The van der Waals surface area contributed by atoms with Crippen LogP contribution in [0.3, 0.4) is 0 Å². The first-order valence-corrected chi connectivity index (χ1v) is 19.3. The van der Waals surface area contributed by atoms with Crippen LogP contribution in [0.15, 0.2) is 64.6 Å². The number of ether oxygens (including phenoxy) is 2. The van der Waals surface area contributed by atoms with E-state index in [-0.39, 0.29) is 36.0 Å². The molecule has 0 unspecified atom stereocenters. The maximum atomic E-state index is 15.4. The molecule has 1 spiro atoms. The summed E-state index contributed by atoms with van der Waals surface area (Å²) in [5, 5.41) is 24.0. The fourth-order valence-electron chi connectivity index (χ4n) is 10.1. The van der Waals surface area contributed by atoms with Crippen molar-refractivity contribution in [3.8, 4) is 11.1 Å². The van der Waals surface area contributed by atoms with E-state index in [1.165, 1.54) is 19.1 Å². The Morgan fingerprint density at radius 3 is 1.96 bits per heavy atom. The SMILES string of the molecule is CC1(C)COC2(CCC3=C4[C@@H](CC[C@@]3(O)C2)[C@@H]2CC[C@@](O)(C(F)(F)C(F)(F)F)[C@@]2(C)C[C@@H]4c2ccc(-c3ccc(S(C)(=O)=O)cc3)cc2)OC1. The van der Waals surface area contributed by atoms with Crippen LogP contribution >= 0.6 is 0 Å². The average molecular weight is 725 g/mol. The molecule has 7 rings (SSSR count). The Morgan fingerprint density at radius 2 is 1.40 bits per heavy atom. The molecule has 5 aliphatic rings. The largest absolute Gasteiger partial charge is 0.456 e. The minimum absolute atomic E-state index is 0.0128. The first-order chi connectivity index (χ1) is 23.1. The van der Waals surface area contributed by atoms with Gasteiger partial charge in [0.15, 0.2) is 15.6 Å². The normalized spacial score (nSPS) is 35.4. The van der Waals surface area contributed by atoms with E-state index in [0.717, 1.165) is 28.5 Å². The van der Waals surface area contributed by atoms with Crippen molar-refractivity contribution in [2.75, 3.05) is 19.5 Å². The molecule has 6 atom stereocenters. The number of rotatable bonds is 4. The number of halogens is 5. The highest BCUT2D eigenvalue weighted by Gasteiger charge is 2.79. The summed E-state index contributed by atoms with van der Waals surface area (Å²) in [7, 11) is -3.39. The van der Waals surface area contributed by atoms with E-state index in [2.05, 4.69) is 0 Å². The standard InChI is InChI=1S/C38H45F5O6S/c1-32(2)21-48-35(49-22-32)17-14-30-31-27(13-16-34(30,44)20-35)29-15-18-36(45,37(39,40)38(41,42)43)33(29,3)19-28(31)25-7-5-23(6-8-25)24-9-11-26(12-10-24)50(4,46)47/h5-12,27-29,44-45H,13-22H2,1-4H3/t27-,28+,29-,33-,34+,36-/m0/s1. The van der Waals surface area contributed by atoms with Gasteiger partial charge in [-0.05, 0) is 84.8 Å². The zero-order chi connectivity index (χ0) is 36.3. The van der Waals surface area contributed by atoms with Gasteiger partial charge in [-0.2, -0.15) is 22.0 Å². The molecule has 2 aromatic rings. The zero-order valence-corrected chi connectivity index (χ0v) is 29.6. The van der Waals surface area contributed by atoms with Crippen LogP contribution in [0.2, 0.25) is 0 Å². The molecule has 0 bridgehead atoms. The highest BCUT2D eigenvalue weighted by atomic mass is 32.2. The second-order valence-corrected chi connectivity index (χ2v) is 18.6. The van der Waals surface area contributed by atoms with E-state index in [1.807, 2.05) is 38.1 Å². The number of sulfone groups is 1. The fraction of sp³-hybridized carbons (Fsp3) is 0.632. The first kappa shape index (κ1) is 36.0. The molecule has 2 N–H and O–H groups in total. The molecular formula is C38H45F5O6S. The van der Waals surface area contributed by atoms with Crippen LogP contribution in [0.1, 0.15) is 83.6 Å². The number of fused-ring (bicyclic) bond motifs is 4. The monoisotopic (exact) mass is 724 g/mol. The quantitative estimate of drug-likeness (QED) is 0.246. The maximum absolute atomic E-state index is 15.4. The summed E-state index contributed by atoms with van der Waals surface area (Å²) in [4.78, 5) is 0.175. The van der Waals surface area contributed by atoms with Gasteiger partial charge >= 0.3 is 12.1 Å². The summed E-state index contributed by atoms with van der Waals surface area (Å²) in [5.74, 6) is -7.97. The van der Waals surface area contributed by atoms with Crippen LogP contribution in [-0.2, 0) is 19.3 Å². The molecular weight excluding hydrogens is 679 g/mol. The Bertz CT molecular complexity index is 1790. The van der Waals surface area contributed by atoms with Gasteiger partial charge in [0.25, 0.3) is 0 Å². The van der Waals surface area contributed by atoms with Crippen LogP contribution in [0, 0.1) is 22.7 Å². The van der Waals surface area contributed by atoms with Crippen molar-refractivity contribution in [2.24, 2.45) is 22.7 Å². The number of alkyl halides is 5. The van der Waals surface area contributed by atoms with Crippen LogP contribution < -0.4 is 0 Å². The third-order valence-corrected chi connectivity index (χ3v) is 14.0. The van der Waals surface area contributed by atoms with Gasteiger partial charge in [0.1, 0.15) is 5.60 Å². The van der Waals surface area contributed by atoms with Gasteiger partial charge < -0.3 is 19.7 Å². The number of allylic oxidation sites excluding steroid dienone is 1. The summed E-state index contributed by atoms with van der Waals surface area (Å²) in [6.07, 6.45) is -3.87. The molecule has 2 aromatic carbocycles. The van der Waals surface area contributed by atoms with Gasteiger partial charge in [-0.1, -0.05) is 62.7 Å². The number of hydrogen-bond acceptors (Lipinski definition) is 6. The summed E-state index contributed by atoms with van der Waals surface area (Å²) >= 11 is 0. The summed E-state index contributed by atoms with van der Waals surface area (Å²) < 4.78 is 109. The van der Waals surface area contributed by atoms with Crippen molar-refractivity contribution in [2.45, 2.75) is 112 Å². The van der Waals surface area contributed by atoms with Crippen LogP contribution in [0.5, 0.6) is 0 Å². The van der Waals surface area contributed by atoms with Crippen LogP contribution in [0.4, 0.5) is 22.0 Å². The predicted octanol–water partition coefficient (Wildman–Crippen LogP) is 7.98. The molecule has 1 heterocycles. The van der Waals surface area contributed by atoms with E-state index >= 15 is 8.78 Å². The highest BCUT2D eigenvalue weighted by molar-refractivity contribution is 7.90. The maximum Gasteiger partial charge on any atom is 0.456 e. The molecule has 12 heteroatoms. The first-order valence-electron chi connectivity index (χ1n) is 17.4. The van der Waals surface area contributed by atoms with E-state index < -0.39 is 68.5 Å². The molecule has 3 saturated carbocycles. The molecule has 1 saturated heterocycles. The smallest absolute Gasteiger partial charge is 0.385 e. The molecule has 0 radical (unpaired) electrons. The third-order valence-electron chi connectivity index (χ3n) is 12.8. The molecule has 4 aliphatic carbocycles. The lowest BCUT2D eigenvalue weighted by atomic mass is 9.49. The minimum Gasteiger partial charge on any atom is -0.385 e. The van der Waals surface area contributed by atoms with E-state index in [0.29, 0.717) is 38.0 Å². The van der Waals surface area contributed by atoms with E-state index in [1.54, 1.807) is 12.1 Å². The van der Waals surface area contributed by atoms with Crippen molar-refractivity contribution in [1.29, 1.82) is 0 Å². The molecule has 0 amide bonds. The van der Waals surface area contributed by atoms with Gasteiger partial charge in [0.2, 0.25) is 0 Å². The topological polar surface area (TPSA) is 93.1 Å².